The number of carbonyl (C=O) groups excluding carboxylic acids is 1. The normalized spacial score (nSPS) is 11.5. The van der Waals surface area contributed by atoms with Crippen LogP contribution in [0.1, 0.15) is 30.1 Å². The highest BCUT2D eigenvalue weighted by Crippen LogP contribution is 2.29. The third kappa shape index (κ3) is 4.67. The molecule has 1 aromatic rings. The Morgan fingerprint density at radius 2 is 1.74 bits per heavy atom. The van der Waals surface area contributed by atoms with Gasteiger partial charge in [0.05, 0.1) is 21.5 Å². The smallest absolute Gasteiger partial charge is 0.163 e. The van der Waals surface area contributed by atoms with E-state index < -0.39 is 9.84 Å². The molecule has 106 valence electrons. The molecule has 0 aromatic heterocycles. The number of carbonyl (C=O) groups is 1. The first kappa shape index (κ1) is 16.3. The number of Topliss-reactive ketones (excluding diaryl/α,β-unsaturated/α-hetero) is 1. The Balaban J connectivity index is 2.80. The topological polar surface area (TPSA) is 77.2 Å². The van der Waals surface area contributed by atoms with E-state index in [2.05, 4.69) is 0 Å². The summed E-state index contributed by atoms with van der Waals surface area (Å²) in [5.74, 6) is -0.397. The second-order valence-electron chi connectivity index (χ2n) is 4.18. The largest absolute Gasteiger partial charge is 0.396 e. The van der Waals surface area contributed by atoms with Crippen LogP contribution in [0.2, 0.25) is 10.0 Å². The number of hydrogen-bond donors (Lipinski definition) is 1. The molecule has 7 heteroatoms. The molecule has 0 amide bonds. The van der Waals surface area contributed by atoms with E-state index in [0.29, 0.717) is 6.42 Å². The maximum Gasteiger partial charge on any atom is 0.163 e. The van der Waals surface area contributed by atoms with Crippen LogP contribution in [0.5, 0.6) is 0 Å². The quantitative estimate of drug-likeness (QED) is 0.644. The van der Waals surface area contributed by atoms with Gasteiger partial charge in [0.25, 0.3) is 0 Å². The summed E-state index contributed by atoms with van der Waals surface area (Å²) in [5, 5.41) is 0.375. The molecule has 0 saturated heterocycles. The molecular weight excluding hydrogens is 309 g/mol. The van der Waals surface area contributed by atoms with Crippen molar-refractivity contribution < 1.29 is 13.2 Å². The number of halogens is 2. The van der Waals surface area contributed by atoms with Crippen molar-refractivity contribution in [2.24, 2.45) is 0 Å². The molecule has 0 heterocycles. The van der Waals surface area contributed by atoms with Crippen LogP contribution in [-0.2, 0) is 9.84 Å². The standard InChI is InChI=1S/C12H15Cl2NO3S/c1-2-4-19(17,18)5-3-11(16)8-6-9(13)12(15)10(14)7-8/h6-7H,2-5,15H2,1H3. The van der Waals surface area contributed by atoms with Gasteiger partial charge in [0, 0.05) is 17.7 Å². The van der Waals surface area contributed by atoms with Crippen LogP contribution in [0.4, 0.5) is 5.69 Å². The molecule has 0 aliphatic heterocycles. The van der Waals surface area contributed by atoms with Crippen LogP contribution in [0, 0.1) is 0 Å². The van der Waals surface area contributed by atoms with Crippen molar-refractivity contribution in [3.8, 4) is 0 Å². The molecule has 1 aromatic carbocycles. The zero-order valence-corrected chi connectivity index (χ0v) is 12.8. The number of benzene rings is 1. The lowest BCUT2D eigenvalue weighted by atomic mass is 10.1. The van der Waals surface area contributed by atoms with Crippen molar-refractivity contribution in [3.63, 3.8) is 0 Å². The number of ketones is 1. The number of rotatable bonds is 6. The second kappa shape index (κ2) is 6.59. The van der Waals surface area contributed by atoms with Crippen LogP contribution in [-0.4, -0.2) is 25.7 Å². The summed E-state index contributed by atoms with van der Waals surface area (Å²) in [6.07, 6.45) is 0.453. The molecular formula is C12H15Cl2NO3S. The van der Waals surface area contributed by atoms with Gasteiger partial charge in [0.1, 0.15) is 0 Å². The van der Waals surface area contributed by atoms with Crippen LogP contribution in [0.15, 0.2) is 12.1 Å². The third-order valence-corrected chi connectivity index (χ3v) is 5.04. The van der Waals surface area contributed by atoms with Crippen molar-refractivity contribution >= 4 is 44.5 Å². The highest BCUT2D eigenvalue weighted by molar-refractivity contribution is 7.91. The lowest BCUT2D eigenvalue weighted by Crippen LogP contribution is -2.14. The highest BCUT2D eigenvalue weighted by atomic mass is 35.5. The first-order valence-corrected chi connectivity index (χ1v) is 8.32. The first-order chi connectivity index (χ1) is 8.76. The fourth-order valence-electron chi connectivity index (χ4n) is 1.55. The fraction of sp³-hybridized carbons (Fsp3) is 0.417. The van der Waals surface area contributed by atoms with Gasteiger partial charge in [-0.15, -0.1) is 0 Å². The van der Waals surface area contributed by atoms with E-state index in [9.17, 15) is 13.2 Å². The Morgan fingerprint density at radius 3 is 2.21 bits per heavy atom. The molecule has 1 rings (SSSR count). The Morgan fingerprint density at radius 1 is 1.21 bits per heavy atom. The van der Waals surface area contributed by atoms with E-state index in [4.69, 9.17) is 28.9 Å². The summed E-state index contributed by atoms with van der Waals surface area (Å²) in [6, 6.07) is 2.80. The Hall–Kier alpha value is -0.780. The van der Waals surface area contributed by atoms with Crippen LogP contribution < -0.4 is 5.73 Å². The summed E-state index contributed by atoms with van der Waals surface area (Å²) in [5.41, 5.74) is 6.04. The van der Waals surface area contributed by atoms with Crippen molar-refractivity contribution in [2.75, 3.05) is 17.2 Å². The molecule has 2 N–H and O–H groups in total. The third-order valence-electron chi connectivity index (χ3n) is 2.56. The minimum absolute atomic E-state index is 0.0844. The Bertz CT molecular complexity index is 562. The molecule has 0 radical (unpaired) electrons. The molecule has 0 spiro atoms. The van der Waals surface area contributed by atoms with Gasteiger partial charge in [0.15, 0.2) is 15.6 Å². The minimum atomic E-state index is -3.17. The maximum atomic E-state index is 11.9. The van der Waals surface area contributed by atoms with Gasteiger partial charge in [-0.3, -0.25) is 4.79 Å². The molecule has 0 aliphatic carbocycles. The minimum Gasteiger partial charge on any atom is -0.396 e. The SMILES string of the molecule is CCCS(=O)(=O)CCC(=O)c1cc(Cl)c(N)c(Cl)c1. The van der Waals surface area contributed by atoms with Crippen molar-refractivity contribution in [1.82, 2.24) is 0 Å². The summed E-state index contributed by atoms with van der Waals surface area (Å²) in [6.45, 7) is 1.78. The number of hydrogen-bond acceptors (Lipinski definition) is 4. The lowest BCUT2D eigenvalue weighted by molar-refractivity contribution is 0.0989. The Kier molecular flexibility index (Phi) is 5.64. The number of nitrogen functional groups attached to an aromatic ring is 1. The number of anilines is 1. The van der Waals surface area contributed by atoms with Gasteiger partial charge >= 0.3 is 0 Å². The highest BCUT2D eigenvalue weighted by Gasteiger charge is 2.15. The lowest BCUT2D eigenvalue weighted by Gasteiger charge is -2.06. The Labute approximate surface area is 122 Å². The molecule has 19 heavy (non-hydrogen) atoms. The van der Waals surface area contributed by atoms with Crippen molar-refractivity contribution in [3.05, 3.63) is 27.7 Å². The van der Waals surface area contributed by atoms with Crippen LogP contribution in [0.25, 0.3) is 0 Å². The van der Waals surface area contributed by atoms with Crippen LogP contribution in [0.3, 0.4) is 0 Å². The van der Waals surface area contributed by atoms with Crippen molar-refractivity contribution in [1.29, 1.82) is 0 Å². The van der Waals surface area contributed by atoms with E-state index in [1.165, 1.54) is 12.1 Å². The zero-order chi connectivity index (χ0) is 14.6. The van der Waals surface area contributed by atoms with Gasteiger partial charge < -0.3 is 5.73 Å². The number of nitrogens with two attached hydrogens (primary N) is 1. The van der Waals surface area contributed by atoms with Gasteiger partial charge in [-0.2, -0.15) is 0 Å². The second-order valence-corrected chi connectivity index (χ2v) is 7.30. The first-order valence-electron chi connectivity index (χ1n) is 5.75. The number of sulfone groups is 1. The zero-order valence-electron chi connectivity index (χ0n) is 10.4. The molecule has 0 aliphatic rings. The average molecular weight is 324 g/mol. The predicted octanol–water partition coefficient (Wildman–Crippen LogP) is 2.97. The molecule has 4 nitrogen and oxygen atoms in total. The monoisotopic (exact) mass is 323 g/mol. The average Bonchev–Trinajstić information content (AvgIpc) is 2.32. The molecule has 0 bridgehead atoms. The molecule has 0 saturated carbocycles. The van der Waals surface area contributed by atoms with E-state index in [1.54, 1.807) is 6.92 Å². The van der Waals surface area contributed by atoms with E-state index in [1.807, 2.05) is 0 Å². The fourth-order valence-corrected chi connectivity index (χ4v) is 3.36. The van der Waals surface area contributed by atoms with Gasteiger partial charge in [0.2, 0.25) is 0 Å². The summed E-state index contributed by atoms with van der Waals surface area (Å²) in [4.78, 5) is 11.9. The van der Waals surface area contributed by atoms with Gasteiger partial charge in [-0.05, 0) is 18.6 Å². The summed E-state index contributed by atoms with van der Waals surface area (Å²) < 4.78 is 23.1. The van der Waals surface area contributed by atoms with E-state index >= 15 is 0 Å². The van der Waals surface area contributed by atoms with E-state index in [0.717, 1.165) is 0 Å². The summed E-state index contributed by atoms with van der Waals surface area (Å²) >= 11 is 11.6. The molecule has 0 unspecified atom stereocenters. The van der Waals surface area contributed by atoms with Crippen molar-refractivity contribution in [2.45, 2.75) is 19.8 Å². The predicted molar refractivity (Wildman–Crippen MR) is 78.8 cm³/mol. The van der Waals surface area contributed by atoms with Gasteiger partial charge in [-0.25, -0.2) is 8.42 Å². The van der Waals surface area contributed by atoms with Crippen LogP contribution >= 0.6 is 23.2 Å². The molecule has 0 fully saturated rings. The molecule has 0 atom stereocenters. The maximum absolute atomic E-state index is 11.9. The van der Waals surface area contributed by atoms with Gasteiger partial charge in [-0.1, -0.05) is 30.1 Å². The van der Waals surface area contributed by atoms with E-state index in [-0.39, 0.29) is 45.0 Å². The summed E-state index contributed by atoms with van der Waals surface area (Å²) in [7, 11) is -3.17.